The molecule has 0 aliphatic carbocycles. The van der Waals surface area contributed by atoms with Crippen LogP contribution < -0.4 is 13.7 Å². The van der Waals surface area contributed by atoms with Crippen molar-refractivity contribution in [2.24, 2.45) is 10.2 Å². The molecular weight excluding hydrogens is 590 g/mol. The highest BCUT2D eigenvalue weighted by Crippen LogP contribution is 2.47. The van der Waals surface area contributed by atoms with E-state index in [4.69, 9.17) is 20.0 Å². The van der Waals surface area contributed by atoms with Gasteiger partial charge in [-0.2, -0.15) is 27.1 Å². The first-order chi connectivity index (χ1) is 18.7. The van der Waals surface area contributed by atoms with Gasteiger partial charge in [0.25, 0.3) is 5.91 Å². The maximum absolute atomic E-state index is 12.8. The van der Waals surface area contributed by atoms with Crippen LogP contribution in [0.15, 0.2) is 77.0 Å². The molecule has 0 saturated carbocycles. The van der Waals surface area contributed by atoms with Gasteiger partial charge in [-0.25, -0.2) is 0 Å². The van der Waals surface area contributed by atoms with E-state index in [1.165, 1.54) is 66.7 Å². The highest BCUT2D eigenvalue weighted by atomic mass is 35.5. The van der Waals surface area contributed by atoms with Crippen molar-refractivity contribution >= 4 is 77.0 Å². The Bertz CT molecular complexity index is 1890. The first-order valence-electron chi connectivity index (χ1n) is 11.0. The molecular formula is C24H18ClN3O10S2. The number of benzene rings is 4. The molecule has 0 aliphatic heterocycles. The van der Waals surface area contributed by atoms with Gasteiger partial charge in [-0.05, 0) is 37.3 Å². The fourth-order valence-electron chi connectivity index (χ4n) is 3.78. The van der Waals surface area contributed by atoms with Crippen LogP contribution in [0.3, 0.4) is 0 Å². The van der Waals surface area contributed by atoms with E-state index < -0.39 is 50.0 Å². The lowest BCUT2D eigenvalue weighted by atomic mass is 9.99. The number of anilines is 1. The normalized spacial score (nSPS) is 12.9. The summed E-state index contributed by atoms with van der Waals surface area (Å²) in [6.45, 7) is 1.10. The third-order valence-electron chi connectivity index (χ3n) is 5.33. The van der Waals surface area contributed by atoms with E-state index >= 15 is 0 Å². The number of Topliss-reactive ketones (excluding diaryl/α,β-unsaturated/α-hetero) is 1. The molecule has 0 aromatic heterocycles. The second-order valence-corrected chi connectivity index (χ2v) is 10.6. The Labute approximate surface area is 232 Å². The minimum absolute atomic E-state index is 0.00989. The molecule has 1 amide bonds. The third kappa shape index (κ3) is 6.70. The average Bonchev–Trinajstić information content (AvgIpc) is 2.86. The smallest absolute Gasteiger partial charge is 0.360 e. The number of ketones is 1. The summed E-state index contributed by atoms with van der Waals surface area (Å²) in [5.74, 6) is -2.44. The van der Waals surface area contributed by atoms with Gasteiger partial charge in [0.1, 0.15) is 0 Å². The second kappa shape index (κ2) is 11.1. The van der Waals surface area contributed by atoms with Gasteiger partial charge in [-0.1, -0.05) is 48.0 Å². The summed E-state index contributed by atoms with van der Waals surface area (Å²) in [6, 6.07) is 14.0. The average molecular weight is 608 g/mol. The maximum Gasteiger partial charge on any atom is 0.446 e. The van der Waals surface area contributed by atoms with E-state index in [0.717, 1.165) is 6.92 Å². The summed E-state index contributed by atoms with van der Waals surface area (Å²) < 4.78 is 75.4. The number of nitrogens with one attached hydrogen (secondary N) is 1. The lowest BCUT2D eigenvalue weighted by molar-refractivity contribution is -0.126. The van der Waals surface area contributed by atoms with Crippen molar-refractivity contribution in [2.45, 2.75) is 13.0 Å². The number of amides is 1. The minimum Gasteiger partial charge on any atom is -0.360 e. The molecule has 16 heteroatoms. The maximum atomic E-state index is 12.8. The molecule has 4 aromatic rings. The van der Waals surface area contributed by atoms with Gasteiger partial charge in [-0.3, -0.25) is 18.7 Å². The third-order valence-corrected chi connectivity index (χ3v) is 6.34. The number of fused-ring (bicyclic) bond motifs is 2. The van der Waals surface area contributed by atoms with Crippen LogP contribution in [0.5, 0.6) is 11.5 Å². The predicted octanol–water partition coefficient (Wildman–Crippen LogP) is 4.69. The van der Waals surface area contributed by atoms with Crippen LogP contribution >= 0.6 is 11.6 Å². The molecule has 4 aromatic carbocycles. The number of carbonyl (C=O) groups excluding carboxylic acids is 2. The molecule has 4 rings (SSSR count). The molecule has 13 nitrogen and oxygen atoms in total. The van der Waals surface area contributed by atoms with Crippen LogP contribution in [0.1, 0.15) is 6.92 Å². The first kappa shape index (κ1) is 28.8. The Morgan fingerprint density at radius 2 is 1.38 bits per heavy atom. The van der Waals surface area contributed by atoms with Gasteiger partial charge in [0, 0.05) is 26.9 Å². The summed E-state index contributed by atoms with van der Waals surface area (Å²) in [5.41, 5.74) is 0.121. The van der Waals surface area contributed by atoms with Crippen molar-refractivity contribution in [3.63, 3.8) is 0 Å². The highest BCUT2D eigenvalue weighted by molar-refractivity contribution is 7.81. The van der Waals surface area contributed by atoms with Crippen molar-refractivity contribution in [1.29, 1.82) is 0 Å². The Morgan fingerprint density at radius 1 is 0.825 bits per heavy atom. The summed E-state index contributed by atoms with van der Waals surface area (Å²) in [5, 5.41) is 10.3. The standard InChI is InChI=1S/C24H18ClN3O10S2/c1-13(29)21(24(30)26-15-11-9-14(25)10-12-15)28-27-19-8-4-7-18-20(19)23(38-40(34,35)36)17-6-3-2-5-16(17)22(18)37-39(31,32)33/h2-12,21H,1H3,(H,26,30)(H,31,32,33)(H,34,35,36). The van der Waals surface area contributed by atoms with E-state index in [1.807, 2.05) is 0 Å². The second-order valence-electron chi connectivity index (χ2n) is 8.15. The van der Waals surface area contributed by atoms with Gasteiger partial charge in [0.15, 0.2) is 17.3 Å². The summed E-state index contributed by atoms with van der Waals surface area (Å²) in [6.07, 6.45) is 0. The zero-order valence-electron chi connectivity index (χ0n) is 20.2. The van der Waals surface area contributed by atoms with Gasteiger partial charge in [-0.15, -0.1) is 0 Å². The van der Waals surface area contributed by atoms with Crippen molar-refractivity contribution in [3.8, 4) is 11.5 Å². The highest BCUT2D eigenvalue weighted by Gasteiger charge is 2.26. The van der Waals surface area contributed by atoms with Crippen LogP contribution in [0.25, 0.3) is 21.5 Å². The van der Waals surface area contributed by atoms with Gasteiger partial charge in [0.05, 0.1) is 11.1 Å². The SMILES string of the molecule is CC(=O)C(N=Nc1cccc2c(OS(=O)(=O)O)c3ccccc3c(OS(=O)(=O)O)c12)C(=O)Nc1ccc(Cl)cc1. The summed E-state index contributed by atoms with van der Waals surface area (Å²) >= 11 is 5.84. The molecule has 0 aliphatic rings. The molecule has 1 unspecified atom stereocenters. The zero-order valence-corrected chi connectivity index (χ0v) is 22.6. The fourth-order valence-corrected chi connectivity index (χ4v) is 4.68. The van der Waals surface area contributed by atoms with E-state index in [0.29, 0.717) is 10.7 Å². The molecule has 3 N–H and O–H groups in total. The molecule has 0 spiro atoms. The lowest BCUT2D eigenvalue weighted by Gasteiger charge is -2.16. The lowest BCUT2D eigenvalue weighted by Crippen LogP contribution is -2.31. The zero-order chi connectivity index (χ0) is 29.2. The minimum atomic E-state index is -5.13. The Morgan fingerprint density at radius 3 is 1.95 bits per heavy atom. The Kier molecular flexibility index (Phi) is 8.04. The van der Waals surface area contributed by atoms with E-state index in [1.54, 1.807) is 0 Å². The Balaban J connectivity index is 1.92. The van der Waals surface area contributed by atoms with Gasteiger partial charge >= 0.3 is 20.8 Å². The van der Waals surface area contributed by atoms with E-state index in [-0.39, 0.29) is 27.2 Å². The Hall–Kier alpha value is -4.15. The van der Waals surface area contributed by atoms with Crippen LogP contribution in [0, 0.1) is 0 Å². The van der Waals surface area contributed by atoms with Crippen LogP contribution in [0.2, 0.25) is 5.02 Å². The van der Waals surface area contributed by atoms with Crippen molar-refractivity contribution < 1.29 is 43.9 Å². The van der Waals surface area contributed by atoms with Crippen LogP contribution in [0.4, 0.5) is 11.4 Å². The van der Waals surface area contributed by atoms with E-state index in [9.17, 15) is 35.5 Å². The molecule has 0 saturated heterocycles. The molecule has 0 bridgehead atoms. The number of azo groups is 1. The molecule has 1 atom stereocenters. The van der Waals surface area contributed by atoms with Crippen molar-refractivity contribution in [3.05, 3.63) is 71.8 Å². The van der Waals surface area contributed by atoms with Crippen molar-refractivity contribution in [2.75, 3.05) is 5.32 Å². The first-order valence-corrected chi connectivity index (χ1v) is 14.1. The number of rotatable bonds is 9. The monoisotopic (exact) mass is 607 g/mol. The molecule has 40 heavy (non-hydrogen) atoms. The van der Waals surface area contributed by atoms with Gasteiger partial charge < -0.3 is 13.7 Å². The number of hydrogen-bond acceptors (Lipinski definition) is 10. The molecule has 0 radical (unpaired) electrons. The van der Waals surface area contributed by atoms with E-state index in [2.05, 4.69) is 15.5 Å². The fraction of sp³-hybridized carbons (Fsp3) is 0.0833. The molecule has 0 fully saturated rings. The largest absolute Gasteiger partial charge is 0.446 e. The number of nitrogens with zero attached hydrogens (tertiary/aromatic N) is 2. The summed E-state index contributed by atoms with van der Waals surface area (Å²) in [7, 11) is -10.2. The number of halogens is 1. The van der Waals surface area contributed by atoms with Crippen LogP contribution in [-0.2, 0) is 30.4 Å². The summed E-state index contributed by atoms with van der Waals surface area (Å²) in [4.78, 5) is 25.1. The quantitative estimate of drug-likeness (QED) is 0.104. The number of hydrogen-bond donors (Lipinski definition) is 3. The number of carbonyl (C=O) groups is 2. The molecule has 208 valence electrons. The molecule has 0 heterocycles. The topological polar surface area (TPSA) is 198 Å². The van der Waals surface area contributed by atoms with Gasteiger partial charge in [0.2, 0.25) is 6.04 Å². The van der Waals surface area contributed by atoms with Crippen molar-refractivity contribution in [1.82, 2.24) is 0 Å². The predicted molar refractivity (Wildman–Crippen MR) is 145 cm³/mol. The van der Waals surface area contributed by atoms with Crippen LogP contribution in [-0.4, -0.2) is 43.7 Å².